The quantitative estimate of drug-likeness (QED) is 0.102. The van der Waals surface area contributed by atoms with Gasteiger partial charge in [-0.25, -0.2) is 0 Å². The van der Waals surface area contributed by atoms with Crippen LogP contribution in [0, 0.1) is 11.8 Å². The highest BCUT2D eigenvalue weighted by Crippen LogP contribution is 2.48. The maximum Gasteiger partial charge on any atom is 0.201 e. The van der Waals surface area contributed by atoms with Gasteiger partial charge in [0.05, 0.1) is 20.3 Å². The van der Waals surface area contributed by atoms with Gasteiger partial charge in [0.25, 0.3) is 0 Å². The summed E-state index contributed by atoms with van der Waals surface area (Å²) in [6.07, 6.45) is 1.67. The van der Waals surface area contributed by atoms with Gasteiger partial charge in [-0.15, -0.1) is 0 Å². The number of hydrogen-bond donors (Lipinski definition) is 2. The molecule has 0 heterocycles. The summed E-state index contributed by atoms with van der Waals surface area (Å²) >= 11 is 0. The largest absolute Gasteiger partial charge is 0.496 e. The molecule has 0 aromatic heterocycles. The first kappa shape index (κ1) is 38.4. The fraction of sp³-hybridized carbons (Fsp3) is 0.442. The Bertz CT molecular complexity index is 1550. The molecule has 4 aromatic rings. The molecular weight excluding hydrogens is 625 g/mol. The zero-order valence-corrected chi connectivity index (χ0v) is 31.9. The van der Waals surface area contributed by atoms with Crippen LogP contribution in [-0.2, 0) is 23.7 Å². The molecule has 0 aliphatic rings. The van der Waals surface area contributed by atoms with E-state index in [1.807, 2.05) is 12.1 Å². The minimum Gasteiger partial charge on any atom is -0.496 e. The van der Waals surface area contributed by atoms with E-state index in [1.54, 1.807) is 14.2 Å². The molecule has 6 heteroatoms. The third-order valence-corrected chi connectivity index (χ3v) is 16.5. The van der Waals surface area contributed by atoms with Crippen molar-refractivity contribution in [2.75, 3.05) is 27.4 Å². The van der Waals surface area contributed by atoms with Crippen molar-refractivity contribution < 1.29 is 24.1 Å². The molecular formula is C43H58O5Si. The summed E-state index contributed by atoms with van der Waals surface area (Å²) in [4.78, 5) is 0. The van der Waals surface area contributed by atoms with Crippen molar-refractivity contribution >= 4 is 8.32 Å². The molecule has 0 saturated carbocycles. The normalized spacial score (nSPS) is 13.9. The van der Waals surface area contributed by atoms with Crippen molar-refractivity contribution in [3.63, 3.8) is 0 Å². The van der Waals surface area contributed by atoms with Gasteiger partial charge in [-0.3, -0.25) is 0 Å². The standard InChI is InChI=1S/C43H58O5Si/c1-30(2)49(31(3)4,32(5)6)48-43(38-22-21-37(42(27-38)47-8)24-34-17-13-10-14-18-34)40(29-45)39(28-44)25-35-19-20-36(41(26-35)46-7)23-33-15-11-9-12-16-33/h9-22,26-27,30-32,39-40,43-45H,23-25,28-29H2,1-8H3/t39-,40-,43+/m0/s1. The van der Waals surface area contributed by atoms with Crippen LogP contribution in [0.3, 0.4) is 0 Å². The lowest BCUT2D eigenvalue weighted by Crippen LogP contribution is -2.50. The number of hydrogen-bond acceptors (Lipinski definition) is 5. The predicted octanol–water partition coefficient (Wildman–Crippen LogP) is 9.58. The number of benzene rings is 4. The van der Waals surface area contributed by atoms with E-state index in [0.717, 1.165) is 46.6 Å². The summed E-state index contributed by atoms with van der Waals surface area (Å²) in [5, 5.41) is 22.2. The first-order valence-corrected chi connectivity index (χ1v) is 20.0. The summed E-state index contributed by atoms with van der Waals surface area (Å²) in [6.45, 7) is 13.5. The highest BCUT2D eigenvalue weighted by molar-refractivity contribution is 6.77. The highest BCUT2D eigenvalue weighted by atomic mass is 28.4. The Kier molecular flexibility index (Phi) is 14.1. The smallest absolute Gasteiger partial charge is 0.201 e. The zero-order valence-electron chi connectivity index (χ0n) is 30.9. The first-order chi connectivity index (χ1) is 23.6. The molecule has 0 saturated heterocycles. The molecule has 264 valence electrons. The lowest BCUT2D eigenvalue weighted by molar-refractivity contribution is 0.0171. The molecule has 4 rings (SSSR count). The van der Waals surface area contributed by atoms with Gasteiger partial charge in [0.15, 0.2) is 0 Å². The molecule has 0 aliphatic heterocycles. The Morgan fingerprint density at radius 2 is 1.06 bits per heavy atom. The van der Waals surface area contributed by atoms with E-state index in [1.165, 1.54) is 11.1 Å². The van der Waals surface area contributed by atoms with Crippen molar-refractivity contribution in [1.29, 1.82) is 0 Å². The Morgan fingerprint density at radius 3 is 1.51 bits per heavy atom. The number of ether oxygens (including phenoxy) is 2. The van der Waals surface area contributed by atoms with Gasteiger partial charge in [-0.05, 0) is 74.5 Å². The minimum absolute atomic E-state index is 0.0814. The van der Waals surface area contributed by atoms with Crippen molar-refractivity contribution in [3.8, 4) is 11.5 Å². The molecule has 49 heavy (non-hydrogen) atoms. The minimum atomic E-state index is -2.42. The highest BCUT2D eigenvalue weighted by Gasteiger charge is 2.48. The lowest BCUT2D eigenvalue weighted by Gasteiger charge is -2.47. The second kappa shape index (κ2) is 18.0. The lowest BCUT2D eigenvalue weighted by atomic mass is 9.81. The van der Waals surface area contributed by atoms with Gasteiger partial charge in [0, 0.05) is 32.0 Å². The van der Waals surface area contributed by atoms with Gasteiger partial charge in [0.1, 0.15) is 11.5 Å². The number of aliphatic hydroxyl groups is 2. The molecule has 4 aromatic carbocycles. The SMILES string of the molecule is COc1cc(C[C@@H](CO)[C@H](CO)[C@H](O[Si](C(C)C)(C(C)C)C(C)C)c2ccc(Cc3ccccc3)c(OC)c2)ccc1Cc1ccccc1. The molecule has 0 fully saturated rings. The van der Waals surface area contributed by atoms with E-state index in [-0.39, 0.29) is 25.0 Å². The number of aliphatic hydroxyl groups excluding tert-OH is 2. The van der Waals surface area contributed by atoms with Crippen LogP contribution in [0.1, 0.15) is 81.0 Å². The van der Waals surface area contributed by atoms with E-state index >= 15 is 0 Å². The third kappa shape index (κ3) is 9.23. The van der Waals surface area contributed by atoms with Crippen LogP contribution in [0.25, 0.3) is 0 Å². The maximum absolute atomic E-state index is 11.2. The van der Waals surface area contributed by atoms with Crippen LogP contribution in [0.2, 0.25) is 16.6 Å². The molecule has 0 spiro atoms. The zero-order chi connectivity index (χ0) is 35.6. The average molecular weight is 683 g/mol. The molecule has 0 amide bonds. The van der Waals surface area contributed by atoms with Crippen LogP contribution < -0.4 is 9.47 Å². The summed E-state index contributed by atoms with van der Waals surface area (Å²) in [5.74, 6) is 1.02. The molecule has 0 bridgehead atoms. The number of rotatable bonds is 18. The van der Waals surface area contributed by atoms with E-state index in [4.69, 9.17) is 13.9 Å². The van der Waals surface area contributed by atoms with E-state index < -0.39 is 14.4 Å². The molecule has 0 aliphatic carbocycles. The molecule has 0 radical (unpaired) electrons. The fourth-order valence-corrected chi connectivity index (χ4v) is 13.5. The Labute approximate surface area is 296 Å². The monoisotopic (exact) mass is 682 g/mol. The summed E-state index contributed by atoms with van der Waals surface area (Å²) < 4.78 is 19.4. The van der Waals surface area contributed by atoms with Gasteiger partial charge in [-0.2, -0.15) is 0 Å². The predicted molar refractivity (Wildman–Crippen MR) is 204 cm³/mol. The van der Waals surface area contributed by atoms with Crippen molar-refractivity contribution in [2.45, 2.75) is 83.5 Å². The van der Waals surface area contributed by atoms with E-state index in [0.29, 0.717) is 23.0 Å². The molecule has 5 nitrogen and oxygen atoms in total. The van der Waals surface area contributed by atoms with Gasteiger partial charge in [0.2, 0.25) is 8.32 Å². The van der Waals surface area contributed by atoms with Crippen molar-refractivity contribution in [3.05, 3.63) is 130 Å². The topological polar surface area (TPSA) is 68.2 Å². The fourth-order valence-electron chi connectivity index (χ4n) is 7.95. The van der Waals surface area contributed by atoms with Crippen LogP contribution >= 0.6 is 0 Å². The van der Waals surface area contributed by atoms with Gasteiger partial charge < -0.3 is 24.1 Å². The Balaban J connectivity index is 1.74. The van der Waals surface area contributed by atoms with Crippen LogP contribution in [-0.4, -0.2) is 46.0 Å². The molecule has 3 atom stereocenters. The number of methoxy groups -OCH3 is 2. The Morgan fingerprint density at radius 1 is 0.571 bits per heavy atom. The Hall–Kier alpha value is -3.42. The van der Waals surface area contributed by atoms with Crippen molar-refractivity contribution in [2.24, 2.45) is 11.8 Å². The summed E-state index contributed by atoms with van der Waals surface area (Å²) in [5.41, 5.74) is 7.72. The van der Waals surface area contributed by atoms with Crippen molar-refractivity contribution in [1.82, 2.24) is 0 Å². The van der Waals surface area contributed by atoms with Crippen LogP contribution in [0.5, 0.6) is 11.5 Å². The van der Waals surface area contributed by atoms with Gasteiger partial charge in [-0.1, -0.05) is 126 Å². The van der Waals surface area contributed by atoms with E-state index in [9.17, 15) is 10.2 Å². The maximum atomic E-state index is 11.2. The van der Waals surface area contributed by atoms with E-state index in [2.05, 4.69) is 126 Å². The average Bonchev–Trinajstić information content (AvgIpc) is 3.10. The van der Waals surface area contributed by atoms with Gasteiger partial charge >= 0.3 is 0 Å². The van der Waals surface area contributed by atoms with Crippen LogP contribution in [0.15, 0.2) is 97.1 Å². The second-order valence-corrected chi connectivity index (χ2v) is 19.8. The summed E-state index contributed by atoms with van der Waals surface area (Å²) in [7, 11) is 1.01. The summed E-state index contributed by atoms with van der Waals surface area (Å²) in [6, 6.07) is 33.5. The van der Waals surface area contributed by atoms with Crippen LogP contribution in [0.4, 0.5) is 0 Å². The molecule has 0 unspecified atom stereocenters. The second-order valence-electron chi connectivity index (χ2n) is 14.4. The third-order valence-electron chi connectivity index (χ3n) is 10.4. The molecule has 2 N–H and O–H groups in total. The first-order valence-electron chi connectivity index (χ1n) is 17.9.